The number of fused-ring (bicyclic) bond motifs is 1. The summed E-state index contributed by atoms with van der Waals surface area (Å²) in [6.07, 6.45) is 4.44. The van der Waals surface area contributed by atoms with Crippen LogP contribution in [0.1, 0.15) is 39.8 Å². The molecule has 1 aromatic heterocycles. The Hall–Kier alpha value is -0.790. The fourth-order valence-corrected chi connectivity index (χ4v) is 3.17. The molecule has 0 amide bonds. The second-order valence-corrected chi connectivity index (χ2v) is 5.85. The number of hydrogen-bond donors (Lipinski definition) is 0. The van der Waals surface area contributed by atoms with Gasteiger partial charge in [-0.2, -0.15) is 5.10 Å². The minimum atomic E-state index is 0.772. The van der Waals surface area contributed by atoms with Crippen LogP contribution in [0.15, 0.2) is 12.3 Å². The van der Waals surface area contributed by atoms with Gasteiger partial charge in [0, 0.05) is 18.4 Å². The third kappa shape index (κ3) is 2.16. The molecule has 90 valence electrons. The van der Waals surface area contributed by atoms with E-state index < -0.39 is 0 Å². The Morgan fingerprint density at radius 3 is 2.50 bits per heavy atom. The highest BCUT2D eigenvalue weighted by molar-refractivity contribution is 5.04. The standard InChI is InChI=1S/C14H24N2/c1-10(2)13-6-8-16-12(5-7-15-16)9-14(13)11(3)4/h5,7,10-11,13-14H,6,8-9H2,1-4H3. The van der Waals surface area contributed by atoms with Gasteiger partial charge in [0.1, 0.15) is 0 Å². The maximum absolute atomic E-state index is 4.42. The molecule has 2 heterocycles. The molecule has 1 aromatic rings. The quantitative estimate of drug-likeness (QED) is 0.747. The van der Waals surface area contributed by atoms with E-state index in [9.17, 15) is 0 Å². The van der Waals surface area contributed by atoms with Crippen LogP contribution in [-0.2, 0) is 13.0 Å². The number of hydrogen-bond acceptors (Lipinski definition) is 1. The van der Waals surface area contributed by atoms with Gasteiger partial charge < -0.3 is 0 Å². The molecule has 0 saturated heterocycles. The van der Waals surface area contributed by atoms with Crippen molar-refractivity contribution in [2.45, 2.75) is 47.1 Å². The van der Waals surface area contributed by atoms with E-state index in [-0.39, 0.29) is 0 Å². The molecule has 1 aliphatic rings. The molecule has 2 heteroatoms. The first-order valence-corrected chi connectivity index (χ1v) is 6.60. The van der Waals surface area contributed by atoms with Crippen LogP contribution in [0.2, 0.25) is 0 Å². The van der Waals surface area contributed by atoms with Crippen molar-refractivity contribution in [2.75, 3.05) is 0 Å². The summed E-state index contributed by atoms with van der Waals surface area (Å²) in [4.78, 5) is 0. The summed E-state index contributed by atoms with van der Waals surface area (Å²) in [7, 11) is 0. The van der Waals surface area contributed by atoms with Gasteiger partial charge in [-0.15, -0.1) is 0 Å². The molecule has 0 N–H and O–H groups in total. The molecule has 2 unspecified atom stereocenters. The summed E-state index contributed by atoms with van der Waals surface area (Å²) in [5, 5.41) is 4.42. The maximum atomic E-state index is 4.42. The molecule has 2 nitrogen and oxygen atoms in total. The van der Waals surface area contributed by atoms with E-state index in [0.717, 1.165) is 30.2 Å². The van der Waals surface area contributed by atoms with E-state index in [1.54, 1.807) is 0 Å². The smallest absolute Gasteiger partial charge is 0.0492 e. The van der Waals surface area contributed by atoms with Gasteiger partial charge in [-0.05, 0) is 42.6 Å². The highest BCUT2D eigenvalue weighted by atomic mass is 15.3. The van der Waals surface area contributed by atoms with Crippen molar-refractivity contribution in [2.24, 2.45) is 23.7 Å². The van der Waals surface area contributed by atoms with Crippen molar-refractivity contribution >= 4 is 0 Å². The van der Waals surface area contributed by atoms with Crippen LogP contribution in [0.3, 0.4) is 0 Å². The third-order valence-corrected chi connectivity index (χ3v) is 4.19. The Labute approximate surface area is 99.0 Å². The van der Waals surface area contributed by atoms with Gasteiger partial charge in [0.05, 0.1) is 0 Å². The molecule has 16 heavy (non-hydrogen) atoms. The van der Waals surface area contributed by atoms with Crippen LogP contribution in [0.5, 0.6) is 0 Å². The Morgan fingerprint density at radius 2 is 1.88 bits per heavy atom. The van der Waals surface area contributed by atoms with Gasteiger partial charge in [0.15, 0.2) is 0 Å². The largest absolute Gasteiger partial charge is 0.270 e. The molecular weight excluding hydrogens is 196 g/mol. The predicted molar refractivity (Wildman–Crippen MR) is 67.2 cm³/mol. The van der Waals surface area contributed by atoms with Crippen molar-refractivity contribution < 1.29 is 0 Å². The van der Waals surface area contributed by atoms with Crippen LogP contribution < -0.4 is 0 Å². The highest BCUT2D eigenvalue weighted by Gasteiger charge is 2.30. The number of nitrogens with zero attached hydrogens (tertiary/aromatic N) is 2. The summed E-state index contributed by atoms with van der Waals surface area (Å²) in [6, 6.07) is 2.19. The Morgan fingerprint density at radius 1 is 1.19 bits per heavy atom. The first-order valence-electron chi connectivity index (χ1n) is 6.60. The van der Waals surface area contributed by atoms with Crippen LogP contribution in [0.25, 0.3) is 0 Å². The normalized spacial score (nSPS) is 25.9. The van der Waals surface area contributed by atoms with Crippen molar-refractivity contribution in [1.82, 2.24) is 9.78 Å². The summed E-state index contributed by atoms with van der Waals surface area (Å²) >= 11 is 0. The Kier molecular flexibility index (Phi) is 3.36. The van der Waals surface area contributed by atoms with E-state index in [1.165, 1.54) is 18.5 Å². The van der Waals surface area contributed by atoms with Crippen molar-refractivity contribution in [3.05, 3.63) is 18.0 Å². The number of aromatic nitrogens is 2. The van der Waals surface area contributed by atoms with E-state index >= 15 is 0 Å². The van der Waals surface area contributed by atoms with Crippen molar-refractivity contribution in [3.63, 3.8) is 0 Å². The van der Waals surface area contributed by atoms with Gasteiger partial charge in [-0.1, -0.05) is 27.7 Å². The molecule has 1 aliphatic heterocycles. The van der Waals surface area contributed by atoms with E-state index in [4.69, 9.17) is 0 Å². The average molecular weight is 220 g/mol. The topological polar surface area (TPSA) is 17.8 Å². The average Bonchev–Trinajstić information content (AvgIpc) is 2.56. The lowest BCUT2D eigenvalue weighted by molar-refractivity contribution is 0.187. The van der Waals surface area contributed by atoms with Crippen LogP contribution in [0.4, 0.5) is 0 Å². The highest BCUT2D eigenvalue weighted by Crippen LogP contribution is 2.35. The van der Waals surface area contributed by atoms with Crippen LogP contribution >= 0.6 is 0 Å². The fourth-order valence-electron chi connectivity index (χ4n) is 3.17. The molecular formula is C14H24N2. The second kappa shape index (κ2) is 4.60. The lowest BCUT2D eigenvalue weighted by Gasteiger charge is -2.31. The minimum Gasteiger partial charge on any atom is -0.270 e. The van der Waals surface area contributed by atoms with E-state index in [1.807, 2.05) is 6.20 Å². The number of aryl methyl sites for hydroxylation is 1. The summed E-state index contributed by atoms with van der Waals surface area (Å²) in [5.74, 6) is 3.23. The monoisotopic (exact) mass is 220 g/mol. The molecule has 0 aromatic carbocycles. The molecule has 0 spiro atoms. The molecule has 0 aliphatic carbocycles. The van der Waals surface area contributed by atoms with Gasteiger partial charge >= 0.3 is 0 Å². The van der Waals surface area contributed by atoms with Crippen molar-refractivity contribution in [1.29, 1.82) is 0 Å². The fraction of sp³-hybridized carbons (Fsp3) is 0.786. The molecule has 0 fully saturated rings. The van der Waals surface area contributed by atoms with Gasteiger partial charge in [-0.3, -0.25) is 4.68 Å². The Balaban J connectivity index is 2.24. The zero-order valence-corrected chi connectivity index (χ0v) is 11.0. The van der Waals surface area contributed by atoms with Crippen molar-refractivity contribution in [3.8, 4) is 0 Å². The molecule has 0 saturated carbocycles. The minimum absolute atomic E-state index is 0.772. The maximum Gasteiger partial charge on any atom is 0.0492 e. The van der Waals surface area contributed by atoms with E-state index in [0.29, 0.717) is 0 Å². The lowest BCUT2D eigenvalue weighted by atomic mass is 9.74. The first-order chi connectivity index (χ1) is 7.59. The number of rotatable bonds is 2. The van der Waals surface area contributed by atoms with E-state index in [2.05, 4.69) is 43.5 Å². The van der Waals surface area contributed by atoms with Gasteiger partial charge in [-0.25, -0.2) is 0 Å². The molecule has 0 bridgehead atoms. The molecule has 2 atom stereocenters. The first kappa shape index (κ1) is 11.7. The van der Waals surface area contributed by atoms with Gasteiger partial charge in [0.25, 0.3) is 0 Å². The summed E-state index contributed by atoms with van der Waals surface area (Å²) in [6.45, 7) is 10.6. The third-order valence-electron chi connectivity index (χ3n) is 4.19. The molecule has 2 rings (SSSR count). The van der Waals surface area contributed by atoms with Crippen LogP contribution in [0, 0.1) is 23.7 Å². The summed E-state index contributed by atoms with van der Waals surface area (Å²) in [5.41, 5.74) is 1.43. The SMILES string of the molecule is CC(C)C1CCn2nccc2CC1C(C)C. The zero-order chi connectivity index (χ0) is 11.7. The predicted octanol–water partition coefficient (Wildman–Crippen LogP) is 3.37. The Bertz CT molecular complexity index is 338. The van der Waals surface area contributed by atoms with Crippen LogP contribution in [-0.4, -0.2) is 9.78 Å². The second-order valence-electron chi connectivity index (χ2n) is 5.85. The zero-order valence-electron chi connectivity index (χ0n) is 11.0. The van der Waals surface area contributed by atoms with Gasteiger partial charge in [0.2, 0.25) is 0 Å². The molecule has 0 radical (unpaired) electrons. The lowest BCUT2D eigenvalue weighted by Crippen LogP contribution is -2.25. The summed E-state index contributed by atoms with van der Waals surface area (Å²) < 4.78 is 2.21.